The fraction of sp³-hybridized carbons (Fsp3) is 0.455. The maximum absolute atomic E-state index is 2.55. The summed E-state index contributed by atoms with van der Waals surface area (Å²) in [6.07, 6.45) is 1.22. The summed E-state index contributed by atoms with van der Waals surface area (Å²) < 4.78 is 0. The zero-order chi connectivity index (χ0) is 16.4. The lowest BCUT2D eigenvalue weighted by Crippen LogP contribution is -2.50. The molecule has 1 atom stereocenters. The molecule has 1 aliphatic heterocycles. The van der Waals surface area contributed by atoms with Gasteiger partial charge in [-0.15, -0.1) is 0 Å². The minimum absolute atomic E-state index is 0.348. The van der Waals surface area contributed by atoms with E-state index in [0.29, 0.717) is 5.41 Å². The lowest BCUT2D eigenvalue weighted by Gasteiger charge is -2.39. The fourth-order valence-corrected chi connectivity index (χ4v) is 12.3. The van der Waals surface area contributed by atoms with Gasteiger partial charge in [-0.3, -0.25) is 0 Å². The first-order valence-corrected chi connectivity index (χ1v) is 11.5. The van der Waals surface area contributed by atoms with Gasteiger partial charge in [0.25, 0.3) is 0 Å². The SMILES string of the molecule is CC(C)[Si]1(C(C)C)CC2(C)Cc3ccccc3-c3cccc1c32. The standard InChI is InChI=1S/C22H28Si/c1-15(2)23(16(3)4)14-22(5)13-17-9-6-7-10-18(17)19-11-8-12-20(23)21(19)22/h6-12,15-16H,13-14H2,1-5H3. The number of rotatable bonds is 2. The Morgan fingerprint density at radius 1 is 0.870 bits per heavy atom. The van der Waals surface area contributed by atoms with Crippen molar-refractivity contribution in [3.05, 3.63) is 53.6 Å². The molecular formula is C22H28Si. The summed E-state index contributed by atoms with van der Waals surface area (Å²) in [6, 6.07) is 17.7. The van der Waals surface area contributed by atoms with E-state index in [-0.39, 0.29) is 0 Å². The third-order valence-electron chi connectivity index (χ3n) is 6.80. The van der Waals surface area contributed by atoms with Crippen LogP contribution < -0.4 is 5.19 Å². The van der Waals surface area contributed by atoms with Crippen molar-refractivity contribution in [2.45, 2.75) is 63.6 Å². The Labute approximate surface area is 142 Å². The van der Waals surface area contributed by atoms with Crippen LogP contribution in [0.3, 0.4) is 0 Å². The third kappa shape index (κ3) is 1.83. The summed E-state index contributed by atoms with van der Waals surface area (Å²) >= 11 is 0. The van der Waals surface area contributed by atoms with Crippen LogP contribution in [0, 0.1) is 0 Å². The van der Waals surface area contributed by atoms with Gasteiger partial charge in [-0.2, -0.15) is 0 Å². The van der Waals surface area contributed by atoms with Gasteiger partial charge < -0.3 is 0 Å². The highest BCUT2D eigenvalue weighted by molar-refractivity contribution is 6.95. The Kier molecular flexibility index (Phi) is 3.19. The van der Waals surface area contributed by atoms with Crippen LogP contribution in [0.5, 0.6) is 0 Å². The molecule has 2 aromatic rings. The fourth-order valence-electron chi connectivity index (χ4n) is 5.85. The van der Waals surface area contributed by atoms with Gasteiger partial charge in [0.15, 0.2) is 0 Å². The van der Waals surface area contributed by atoms with Crippen molar-refractivity contribution in [1.29, 1.82) is 0 Å². The van der Waals surface area contributed by atoms with E-state index in [0.717, 1.165) is 11.1 Å². The molecule has 0 N–H and O–H groups in total. The van der Waals surface area contributed by atoms with E-state index in [1.807, 2.05) is 0 Å². The lowest BCUT2D eigenvalue weighted by molar-refractivity contribution is 0.520. The van der Waals surface area contributed by atoms with Crippen molar-refractivity contribution in [1.82, 2.24) is 0 Å². The van der Waals surface area contributed by atoms with E-state index in [4.69, 9.17) is 0 Å². The summed E-state index contributed by atoms with van der Waals surface area (Å²) in [6.45, 7) is 12.5. The van der Waals surface area contributed by atoms with Crippen molar-refractivity contribution in [2.75, 3.05) is 0 Å². The maximum atomic E-state index is 2.55. The van der Waals surface area contributed by atoms with Crippen molar-refractivity contribution in [2.24, 2.45) is 0 Å². The topological polar surface area (TPSA) is 0 Å². The molecule has 1 aliphatic carbocycles. The van der Waals surface area contributed by atoms with Gasteiger partial charge >= 0.3 is 0 Å². The second kappa shape index (κ2) is 4.83. The minimum atomic E-state index is -1.49. The molecule has 2 aliphatic rings. The van der Waals surface area contributed by atoms with Crippen molar-refractivity contribution in [3.8, 4) is 11.1 Å². The summed E-state index contributed by atoms with van der Waals surface area (Å²) in [4.78, 5) is 0. The molecule has 0 amide bonds. The monoisotopic (exact) mass is 320 g/mol. The maximum Gasteiger partial charge on any atom is 0.0930 e. The smallest absolute Gasteiger partial charge is 0.0648 e. The van der Waals surface area contributed by atoms with Gasteiger partial charge in [0.1, 0.15) is 0 Å². The van der Waals surface area contributed by atoms with Gasteiger partial charge in [0, 0.05) is 0 Å². The molecule has 120 valence electrons. The highest BCUT2D eigenvalue weighted by atomic mass is 28.3. The molecule has 4 rings (SSSR count). The Morgan fingerprint density at radius 2 is 1.52 bits per heavy atom. The van der Waals surface area contributed by atoms with E-state index in [1.54, 1.807) is 16.3 Å². The molecule has 2 aromatic carbocycles. The minimum Gasteiger partial charge on any atom is -0.0648 e. The second-order valence-electron chi connectivity index (χ2n) is 8.65. The molecular weight excluding hydrogens is 292 g/mol. The van der Waals surface area contributed by atoms with Gasteiger partial charge in [0.05, 0.1) is 8.07 Å². The van der Waals surface area contributed by atoms with Gasteiger partial charge in [-0.1, -0.05) is 82.3 Å². The van der Waals surface area contributed by atoms with Gasteiger partial charge in [-0.05, 0) is 51.2 Å². The Hall–Kier alpha value is -1.34. The third-order valence-corrected chi connectivity index (χ3v) is 13.7. The Morgan fingerprint density at radius 3 is 2.22 bits per heavy atom. The average molecular weight is 321 g/mol. The molecule has 0 saturated carbocycles. The number of fused-ring (bicyclic) bond motifs is 2. The number of benzene rings is 2. The normalized spacial score (nSPS) is 24.0. The van der Waals surface area contributed by atoms with Crippen LogP contribution in [0.1, 0.15) is 45.7 Å². The van der Waals surface area contributed by atoms with E-state index < -0.39 is 8.07 Å². The predicted molar refractivity (Wildman–Crippen MR) is 103 cm³/mol. The second-order valence-corrected chi connectivity index (χ2v) is 13.9. The first-order chi connectivity index (χ1) is 10.9. The largest absolute Gasteiger partial charge is 0.0930 e. The Balaban J connectivity index is 2.05. The van der Waals surface area contributed by atoms with E-state index >= 15 is 0 Å². The predicted octanol–water partition coefficient (Wildman–Crippen LogP) is 5.66. The highest BCUT2D eigenvalue weighted by Crippen LogP contribution is 2.55. The summed E-state index contributed by atoms with van der Waals surface area (Å²) in [7, 11) is -1.49. The van der Waals surface area contributed by atoms with Crippen LogP contribution in [0.25, 0.3) is 11.1 Å². The first-order valence-electron chi connectivity index (χ1n) is 9.12. The van der Waals surface area contributed by atoms with Crippen LogP contribution in [0.2, 0.25) is 17.1 Å². The molecule has 0 aromatic heterocycles. The van der Waals surface area contributed by atoms with Gasteiger partial charge in [0.2, 0.25) is 0 Å². The molecule has 0 saturated heterocycles. The molecule has 0 bridgehead atoms. The zero-order valence-corrected chi connectivity index (χ0v) is 16.1. The molecule has 0 fully saturated rings. The molecule has 1 heterocycles. The number of hydrogen-bond donors (Lipinski definition) is 0. The van der Waals surface area contributed by atoms with Crippen LogP contribution in [0.15, 0.2) is 42.5 Å². The summed E-state index contributed by atoms with van der Waals surface area (Å²) in [5.41, 5.74) is 8.24. The van der Waals surface area contributed by atoms with Crippen molar-refractivity contribution in [3.63, 3.8) is 0 Å². The van der Waals surface area contributed by atoms with Crippen LogP contribution in [0.4, 0.5) is 0 Å². The highest BCUT2D eigenvalue weighted by Gasteiger charge is 2.56. The van der Waals surface area contributed by atoms with E-state index in [2.05, 4.69) is 77.1 Å². The van der Waals surface area contributed by atoms with E-state index in [9.17, 15) is 0 Å². The first kappa shape index (κ1) is 15.2. The van der Waals surface area contributed by atoms with Crippen molar-refractivity contribution >= 4 is 13.3 Å². The molecule has 1 unspecified atom stereocenters. The number of hydrogen-bond acceptors (Lipinski definition) is 0. The van der Waals surface area contributed by atoms with E-state index in [1.165, 1.54) is 23.6 Å². The molecule has 1 heteroatoms. The molecule has 0 radical (unpaired) electrons. The van der Waals surface area contributed by atoms with Crippen LogP contribution in [-0.4, -0.2) is 8.07 Å². The average Bonchev–Trinajstić information content (AvgIpc) is 2.79. The van der Waals surface area contributed by atoms with Crippen LogP contribution >= 0.6 is 0 Å². The van der Waals surface area contributed by atoms with Crippen LogP contribution in [-0.2, 0) is 11.8 Å². The summed E-state index contributed by atoms with van der Waals surface area (Å²) in [5.74, 6) is 0. The molecule has 0 nitrogen and oxygen atoms in total. The molecule has 23 heavy (non-hydrogen) atoms. The summed E-state index contributed by atoms with van der Waals surface area (Å²) in [5, 5.41) is 1.78. The zero-order valence-electron chi connectivity index (χ0n) is 15.1. The molecule has 0 spiro atoms. The Bertz CT molecular complexity index is 763. The van der Waals surface area contributed by atoms with Crippen molar-refractivity contribution < 1.29 is 0 Å². The quantitative estimate of drug-likeness (QED) is 0.627. The van der Waals surface area contributed by atoms with Gasteiger partial charge in [-0.25, -0.2) is 0 Å². The lowest BCUT2D eigenvalue weighted by atomic mass is 9.70.